The van der Waals surface area contributed by atoms with Crippen LogP contribution in [0.1, 0.15) is 12.8 Å². The van der Waals surface area contributed by atoms with Crippen molar-refractivity contribution < 1.29 is 23.4 Å². The summed E-state index contributed by atoms with van der Waals surface area (Å²) in [5, 5.41) is 3.01. The first kappa shape index (κ1) is 23.0. The Hall–Kier alpha value is -3.79. The van der Waals surface area contributed by atoms with Crippen molar-refractivity contribution >= 4 is 28.4 Å². The lowest BCUT2D eigenvalue weighted by Gasteiger charge is -2.16. The number of hydrogen-bond acceptors (Lipinski definition) is 8. The van der Waals surface area contributed by atoms with Crippen LogP contribution < -0.4 is 14.8 Å². The number of hydrogen-bond donors (Lipinski definition) is 1. The number of amides is 1. The monoisotopic (exact) mass is 479 g/mol. The molecule has 10 heteroatoms. The third kappa shape index (κ3) is 5.32. The SMILES string of the molecule is C=CC(=O)N1CC[C@H](Oc2ccc3ncnc(Nc4ccc(OCC5CCOC5)cc4F)c3n2)C1. The summed E-state index contributed by atoms with van der Waals surface area (Å²) in [5.74, 6) is 0.942. The van der Waals surface area contributed by atoms with Crippen molar-refractivity contribution in [1.82, 2.24) is 19.9 Å². The first-order valence-electron chi connectivity index (χ1n) is 11.6. The molecule has 0 aliphatic carbocycles. The molecule has 1 N–H and O–H groups in total. The molecule has 1 aromatic carbocycles. The summed E-state index contributed by atoms with van der Waals surface area (Å²) in [7, 11) is 0. The first-order valence-corrected chi connectivity index (χ1v) is 11.6. The molecule has 35 heavy (non-hydrogen) atoms. The van der Waals surface area contributed by atoms with E-state index in [1.54, 1.807) is 29.2 Å². The van der Waals surface area contributed by atoms with Gasteiger partial charge in [-0.2, -0.15) is 0 Å². The fourth-order valence-electron chi connectivity index (χ4n) is 4.15. The third-order valence-corrected chi connectivity index (χ3v) is 6.08. The van der Waals surface area contributed by atoms with E-state index in [2.05, 4.69) is 26.8 Å². The second-order valence-corrected chi connectivity index (χ2v) is 8.56. The number of anilines is 2. The number of halogens is 1. The van der Waals surface area contributed by atoms with E-state index >= 15 is 0 Å². The highest BCUT2D eigenvalue weighted by Crippen LogP contribution is 2.28. The van der Waals surface area contributed by atoms with Crippen molar-refractivity contribution in [2.45, 2.75) is 18.9 Å². The number of nitrogens with one attached hydrogen (secondary N) is 1. The summed E-state index contributed by atoms with van der Waals surface area (Å²) in [6.45, 7) is 6.51. The standard InChI is InChI=1S/C25H26FN5O4/c1-2-23(32)31-9-7-18(12-31)35-22-6-5-21-24(30-22)25(28-15-27-21)29-20-4-3-17(11-19(20)26)34-14-16-8-10-33-13-16/h2-6,11,15-16,18H,1,7-10,12-14H2,(H,27,28,29)/t16?,18-/m0/s1. The molecule has 4 heterocycles. The highest BCUT2D eigenvalue weighted by Gasteiger charge is 2.26. The molecule has 2 aliphatic heterocycles. The molecule has 0 bridgehead atoms. The maximum atomic E-state index is 14.8. The van der Waals surface area contributed by atoms with Gasteiger partial charge in [-0.25, -0.2) is 19.3 Å². The molecular weight excluding hydrogens is 453 g/mol. The maximum absolute atomic E-state index is 14.8. The van der Waals surface area contributed by atoms with Gasteiger partial charge in [0.25, 0.3) is 0 Å². The summed E-state index contributed by atoms with van der Waals surface area (Å²) in [6, 6.07) is 8.15. The molecule has 2 aromatic heterocycles. The van der Waals surface area contributed by atoms with Gasteiger partial charge in [-0.05, 0) is 30.7 Å². The molecule has 3 aromatic rings. The number of carbonyl (C=O) groups excluding carboxylic acids is 1. The van der Waals surface area contributed by atoms with Gasteiger partial charge >= 0.3 is 0 Å². The maximum Gasteiger partial charge on any atom is 0.246 e. The number of ether oxygens (including phenoxy) is 3. The van der Waals surface area contributed by atoms with Crippen LogP contribution in [0.5, 0.6) is 11.6 Å². The van der Waals surface area contributed by atoms with E-state index in [1.807, 2.05) is 0 Å². The smallest absolute Gasteiger partial charge is 0.246 e. The van der Waals surface area contributed by atoms with Crippen molar-refractivity contribution in [2.75, 3.05) is 38.2 Å². The molecule has 5 rings (SSSR count). The summed E-state index contributed by atoms with van der Waals surface area (Å²) >= 11 is 0. The van der Waals surface area contributed by atoms with Crippen molar-refractivity contribution in [2.24, 2.45) is 5.92 Å². The third-order valence-electron chi connectivity index (χ3n) is 6.08. The summed E-state index contributed by atoms with van der Waals surface area (Å²) in [5.41, 5.74) is 1.27. The van der Waals surface area contributed by atoms with E-state index in [4.69, 9.17) is 14.2 Å². The lowest BCUT2D eigenvalue weighted by Crippen LogP contribution is -2.29. The molecule has 0 spiro atoms. The average Bonchev–Trinajstić information content (AvgIpc) is 3.56. The summed E-state index contributed by atoms with van der Waals surface area (Å²) in [6.07, 6.45) is 4.16. The number of rotatable bonds is 8. The van der Waals surface area contributed by atoms with Crippen LogP contribution >= 0.6 is 0 Å². The normalized spacial score (nSPS) is 19.6. The topological polar surface area (TPSA) is 98.7 Å². The molecule has 0 radical (unpaired) electrons. The second-order valence-electron chi connectivity index (χ2n) is 8.56. The molecule has 0 saturated carbocycles. The number of pyridine rings is 1. The minimum absolute atomic E-state index is 0.117. The number of aromatic nitrogens is 3. The summed E-state index contributed by atoms with van der Waals surface area (Å²) < 4.78 is 31.9. The van der Waals surface area contributed by atoms with Gasteiger partial charge in [0.05, 0.1) is 31.0 Å². The number of nitrogens with zero attached hydrogens (tertiary/aromatic N) is 4. The number of benzene rings is 1. The van der Waals surface area contributed by atoms with Crippen LogP contribution in [-0.2, 0) is 9.53 Å². The molecule has 2 aliphatic rings. The van der Waals surface area contributed by atoms with Gasteiger partial charge < -0.3 is 24.4 Å². The second kappa shape index (κ2) is 10.2. The van der Waals surface area contributed by atoms with E-state index in [9.17, 15) is 9.18 Å². The predicted octanol–water partition coefficient (Wildman–Crippen LogP) is 3.49. The summed E-state index contributed by atoms with van der Waals surface area (Å²) in [4.78, 5) is 26.6. The number of fused-ring (bicyclic) bond motifs is 1. The Morgan fingerprint density at radius 2 is 2.20 bits per heavy atom. The Bertz CT molecular complexity index is 1230. The van der Waals surface area contributed by atoms with Crippen LogP contribution in [0.2, 0.25) is 0 Å². The van der Waals surface area contributed by atoms with E-state index in [0.717, 1.165) is 13.0 Å². The van der Waals surface area contributed by atoms with Crippen molar-refractivity contribution in [3.05, 3.63) is 55.1 Å². The Morgan fingerprint density at radius 1 is 1.29 bits per heavy atom. The largest absolute Gasteiger partial charge is 0.493 e. The number of likely N-dealkylation sites (tertiary alicyclic amines) is 1. The minimum Gasteiger partial charge on any atom is -0.493 e. The van der Waals surface area contributed by atoms with Gasteiger partial charge in [-0.3, -0.25) is 4.79 Å². The molecule has 2 saturated heterocycles. The van der Waals surface area contributed by atoms with E-state index in [-0.39, 0.29) is 17.7 Å². The van der Waals surface area contributed by atoms with Gasteiger partial charge in [-0.1, -0.05) is 6.58 Å². The van der Waals surface area contributed by atoms with Crippen LogP contribution in [-0.4, -0.2) is 64.8 Å². The Labute approximate surface area is 201 Å². The van der Waals surface area contributed by atoms with Gasteiger partial charge in [0.1, 0.15) is 29.5 Å². The van der Waals surface area contributed by atoms with Gasteiger partial charge in [0, 0.05) is 37.6 Å². The van der Waals surface area contributed by atoms with E-state index in [0.29, 0.717) is 67.1 Å². The Kier molecular flexibility index (Phi) is 6.71. The zero-order chi connectivity index (χ0) is 24.2. The van der Waals surface area contributed by atoms with Gasteiger partial charge in [0.2, 0.25) is 11.8 Å². The first-order chi connectivity index (χ1) is 17.1. The van der Waals surface area contributed by atoms with Crippen molar-refractivity contribution in [3.63, 3.8) is 0 Å². The average molecular weight is 480 g/mol. The van der Waals surface area contributed by atoms with Crippen LogP contribution in [0.25, 0.3) is 11.0 Å². The van der Waals surface area contributed by atoms with Crippen LogP contribution in [0.15, 0.2) is 49.3 Å². The lowest BCUT2D eigenvalue weighted by atomic mass is 10.1. The quantitative estimate of drug-likeness (QED) is 0.491. The Morgan fingerprint density at radius 3 is 3.00 bits per heavy atom. The van der Waals surface area contributed by atoms with Crippen LogP contribution in [0.4, 0.5) is 15.9 Å². The zero-order valence-electron chi connectivity index (χ0n) is 19.2. The fraction of sp³-hybridized carbons (Fsp3) is 0.360. The molecular formula is C25H26FN5O4. The number of carbonyl (C=O) groups is 1. The highest BCUT2D eigenvalue weighted by molar-refractivity contribution is 5.88. The molecule has 9 nitrogen and oxygen atoms in total. The van der Waals surface area contributed by atoms with Gasteiger partial charge in [-0.15, -0.1) is 0 Å². The minimum atomic E-state index is -0.470. The lowest BCUT2D eigenvalue weighted by molar-refractivity contribution is -0.125. The van der Waals surface area contributed by atoms with Crippen LogP contribution in [0.3, 0.4) is 0 Å². The van der Waals surface area contributed by atoms with Gasteiger partial charge in [0.15, 0.2) is 5.82 Å². The van der Waals surface area contributed by atoms with Crippen molar-refractivity contribution in [3.8, 4) is 11.6 Å². The van der Waals surface area contributed by atoms with Crippen molar-refractivity contribution in [1.29, 1.82) is 0 Å². The zero-order valence-corrected chi connectivity index (χ0v) is 19.2. The van der Waals surface area contributed by atoms with Crippen LogP contribution in [0, 0.1) is 11.7 Å². The van der Waals surface area contributed by atoms with E-state index in [1.165, 1.54) is 18.5 Å². The van der Waals surface area contributed by atoms with E-state index < -0.39 is 5.82 Å². The molecule has 1 amide bonds. The molecule has 182 valence electrons. The predicted molar refractivity (Wildman–Crippen MR) is 127 cm³/mol. The molecule has 2 fully saturated rings. The Balaban J connectivity index is 1.29. The fourth-order valence-corrected chi connectivity index (χ4v) is 4.15. The highest BCUT2D eigenvalue weighted by atomic mass is 19.1. The molecule has 2 atom stereocenters. The molecule has 1 unspecified atom stereocenters.